The SMILES string of the molecule is CC(C)CCC(=O)NCc1ccc(OC(F)F)cc1. The zero-order chi connectivity index (χ0) is 14.3. The van der Waals surface area contributed by atoms with E-state index in [0.717, 1.165) is 12.0 Å². The molecule has 0 heterocycles. The van der Waals surface area contributed by atoms with Gasteiger partial charge in [0.05, 0.1) is 0 Å². The van der Waals surface area contributed by atoms with Gasteiger partial charge in [0.2, 0.25) is 5.91 Å². The molecule has 0 unspecified atom stereocenters. The molecule has 1 N–H and O–H groups in total. The second kappa shape index (κ2) is 7.71. The topological polar surface area (TPSA) is 38.3 Å². The molecule has 0 aliphatic rings. The number of carbonyl (C=O) groups is 1. The van der Waals surface area contributed by atoms with Crippen LogP contribution in [0.1, 0.15) is 32.3 Å². The number of amides is 1. The van der Waals surface area contributed by atoms with Crippen LogP contribution in [0.25, 0.3) is 0 Å². The molecule has 1 aromatic carbocycles. The Morgan fingerprint density at radius 2 is 1.89 bits per heavy atom. The number of alkyl halides is 2. The summed E-state index contributed by atoms with van der Waals surface area (Å²) in [6.45, 7) is 1.71. The smallest absolute Gasteiger partial charge is 0.387 e. The van der Waals surface area contributed by atoms with E-state index in [0.29, 0.717) is 18.9 Å². The molecule has 5 heteroatoms. The van der Waals surface area contributed by atoms with E-state index in [1.807, 2.05) is 0 Å². The van der Waals surface area contributed by atoms with Crippen LogP contribution >= 0.6 is 0 Å². The Morgan fingerprint density at radius 3 is 2.42 bits per heavy atom. The van der Waals surface area contributed by atoms with Crippen LogP contribution in [0.3, 0.4) is 0 Å². The molecule has 0 aromatic heterocycles. The average molecular weight is 271 g/mol. The van der Waals surface area contributed by atoms with Gasteiger partial charge in [-0.3, -0.25) is 4.79 Å². The standard InChI is InChI=1S/C14H19F2NO2/c1-10(2)3-8-13(18)17-9-11-4-6-12(7-5-11)19-14(15)16/h4-7,10,14H,3,8-9H2,1-2H3,(H,17,18). The Hall–Kier alpha value is -1.65. The normalized spacial score (nSPS) is 10.8. The summed E-state index contributed by atoms with van der Waals surface area (Å²) in [5, 5.41) is 2.79. The number of carbonyl (C=O) groups excluding carboxylic acids is 1. The fourth-order valence-electron chi connectivity index (χ4n) is 1.50. The van der Waals surface area contributed by atoms with Crippen LogP contribution in [0.4, 0.5) is 8.78 Å². The summed E-state index contributed by atoms with van der Waals surface area (Å²) in [5.41, 5.74) is 0.847. The van der Waals surface area contributed by atoms with Crippen molar-refractivity contribution in [2.24, 2.45) is 5.92 Å². The van der Waals surface area contributed by atoms with Crippen LogP contribution in [0.2, 0.25) is 0 Å². The van der Waals surface area contributed by atoms with Crippen LogP contribution in [0.5, 0.6) is 5.75 Å². The van der Waals surface area contributed by atoms with Crippen LogP contribution in [0, 0.1) is 5.92 Å². The summed E-state index contributed by atoms with van der Waals surface area (Å²) in [6, 6.07) is 6.23. The predicted octanol–water partition coefficient (Wildman–Crippen LogP) is 3.34. The fraction of sp³-hybridized carbons (Fsp3) is 0.500. The summed E-state index contributed by atoms with van der Waals surface area (Å²) < 4.78 is 28.1. The van der Waals surface area contributed by atoms with Gasteiger partial charge in [0.25, 0.3) is 0 Å². The van der Waals surface area contributed by atoms with Gasteiger partial charge in [0.1, 0.15) is 5.75 Å². The molecule has 0 radical (unpaired) electrons. The van der Waals surface area contributed by atoms with Gasteiger partial charge in [0, 0.05) is 13.0 Å². The zero-order valence-electron chi connectivity index (χ0n) is 11.2. The molecule has 0 fully saturated rings. The van der Waals surface area contributed by atoms with Crippen LogP contribution in [-0.2, 0) is 11.3 Å². The highest BCUT2D eigenvalue weighted by Crippen LogP contribution is 2.14. The number of benzene rings is 1. The third-order valence-electron chi connectivity index (χ3n) is 2.59. The maximum atomic E-state index is 11.9. The van der Waals surface area contributed by atoms with Crippen molar-refractivity contribution in [1.29, 1.82) is 0 Å². The molecular formula is C14H19F2NO2. The summed E-state index contributed by atoms with van der Waals surface area (Å²) in [5.74, 6) is 0.614. The number of hydrogen-bond acceptors (Lipinski definition) is 2. The first-order valence-corrected chi connectivity index (χ1v) is 6.28. The molecule has 106 valence electrons. The van der Waals surface area contributed by atoms with Gasteiger partial charge in [-0.1, -0.05) is 26.0 Å². The van der Waals surface area contributed by atoms with Gasteiger partial charge in [-0.15, -0.1) is 0 Å². The summed E-state index contributed by atoms with van der Waals surface area (Å²) >= 11 is 0. The minimum absolute atomic E-state index is 0.00149. The van der Waals surface area contributed by atoms with Gasteiger partial charge >= 0.3 is 6.61 Å². The van der Waals surface area contributed by atoms with Gasteiger partial charge < -0.3 is 10.1 Å². The van der Waals surface area contributed by atoms with Crippen molar-refractivity contribution in [1.82, 2.24) is 5.32 Å². The lowest BCUT2D eigenvalue weighted by atomic mass is 10.1. The van der Waals surface area contributed by atoms with Crippen molar-refractivity contribution in [3.05, 3.63) is 29.8 Å². The van der Waals surface area contributed by atoms with Gasteiger partial charge in [-0.25, -0.2) is 0 Å². The molecule has 0 aliphatic heterocycles. The van der Waals surface area contributed by atoms with E-state index >= 15 is 0 Å². The largest absolute Gasteiger partial charge is 0.435 e. The molecule has 0 bridgehead atoms. The number of nitrogens with one attached hydrogen (secondary N) is 1. The average Bonchev–Trinajstić information content (AvgIpc) is 2.35. The molecule has 0 saturated carbocycles. The van der Waals surface area contributed by atoms with E-state index in [1.165, 1.54) is 12.1 Å². The van der Waals surface area contributed by atoms with Gasteiger partial charge in [0.15, 0.2) is 0 Å². The molecule has 1 amide bonds. The molecule has 1 rings (SSSR count). The summed E-state index contributed by atoms with van der Waals surface area (Å²) in [6.07, 6.45) is 1.36. The Kier molecular flexibility index (Phi) is 6.25. The predicted molar refractivity (Wildman–Crippen MR) is 69.0 cm³/mol. The second-order valence-electron chi connectivity index (χ2n) is 4.73. The van der Waals surface area contributed by atoms with E-state index < -0.39 is 6.61 Å². The quantitative estimate of drug-likeness (QED) is 0.826. The van der Waals surface area contributed by atoms with E-state index in [2.05, 4.69) is 23.9 Å². The first kappa shape index (κ1) is 15.4. The van der Waals surface area contributed by atoms with Crippen molar-refractivity contribution in [2.45, 2.75) is 39.8 Å². The van der Waals surface area contributed by atoms with Crippen LogP contribution < -0.4 is 10.1 Å². The fourth-order valence-corrected chi connectivity index (χ4v) is 1.50. The van der Waals surface area contributed by atoms with Crippen molar-refractivity contribution in [3.63, 3.8) is 0 Å². The highest BCUT2D eigenvalue weighted by molar-refractivity contribution is 5.75. The molecular weight excluding hydrogens is 252 g/mol. The van der Waals surface area contributed by atoms with Gasteiger partial charge in [-0.05, 0) is 30.0 Å². The van der Waals surface area contributed by atoms with E-state index in [1.54, 1.807) is 12.1 Å². The number of rotatable bonds is 7. The van der Waals surface area contributed by atoms with Crippen molar-refractivity contribution in [2.75, 3.05) is 0 Å². The highest BCUT2D eigenvalue weighted by atomic mass is 19.3. The third kappa shape index (κ3) is 6.74. The van der Waals surface area contributed by atoms with Gasteiger partial charge in [-0.2, -0.15) is 8.78 Å². The summed E-state index contributed by atoms with van der Waals surface area (Å²) in [4.78, 5) is 11.5. The third-order valence-corrected chi connectivity index (χ3v) is 2.59. The Morgan fingerprint density at radius 1 is 1.26 bits per heavy atom. The number of hydrogen-bond donors (Lipinski definition) is 1. The first-order chi connectivity index (χ1) is 8.97. The molecule has 0 saturated heterocycles. The van der Waals surface area contributed by atoms with Crippen molar-refractivity contribution >= 4 is 5.91 Å². The lowest BCUT2D eigenvalue weighted by Crippen LogP contribution is -2.22. The van der Waals surface area contributed by atoms with Crippen LogP contribution in [0.15, 0.2) is 24.3 Å². The number of ether oxygens (including phenoxy) is 1. The van der Waals surface area contributed by atoms with Crippen LogP contribution in [-0.4, -0.2) is 12.5 Å². The maximum absolute atomic E-state index is 11.9. The molecule has 3 nitrogen and oxygen atoms in total. The Labute approximate surface area is 112 Å². The molecule has 0 spiro atoms. The van der Waals surface area contributed by atoms with E-state index in [4.69, 9.17) is 0 Å². The Balaban J connectivity index is 2.35. The lowest BCUT2D eigenvalue weighted by Gasteiger charge is -2.08. The second-order valence-corrected chi connectivity index (χ2v) is 4.73. The highest BCUT2D eigenvalue weighted by Gasteiger charge is 2.05. The van der Waals surface area contributed by atoms with E-state index in [9.17, 15) is 13.6 Å². The first-order valence-electron chi connectivity index (χ1n) is 6.28. The van der Waals surface area contributed by atoms with Crippen molar-refractivity contribution < 1.29 is 18.3 Å². The summed E-state index contributed by atoms with van der Waals surface area (Å²) in [7, 11) is 0. The lowest BCUT2D eigenvalue weighted by molar-refractivity contribution is -0.121. The molecule has 1 aromatic rings. The minimum Gasteiger partial charge on any atom is -0.435 e. The monoisotopic (exact) mass is 271 g/mol. The maximum Gasteiger partial charge on any atom is 0.387 e. The minimum atomic E-state index is -2.82. The zero-order valence-corrected chi connectivity index (χ0v) is 11.2. The number of halogens is 2. The Bertz CT molecular complexity index is 391. The molecule has 0 atom stereocenters. The van der Waals surface area contributed by atoms with Crippen molar-refractivity contribution in [3.8, 4) is 5.75 Å². The molecule has 0 aliphatic carbocycles. The van der Waals surface area contributed by atoms with E-state index in [-0.39, 0.29) is 11.7 Å². The molecule has 19 heavy (non-hydrogen) atoms.